The number of nitrogens with one attached hydrogen (secondary N) is 1. The van der Waals surface area contributed by atoms with Gasteiger partial charge in [-0.2, -0.15) is 0 Å². The van der Waals surface area contributed by atoms with Crippen molar-refractivity contribution in [3.8, 4) is 0 Å². The molecule has 0 spiro atoms. The van der Waals surface area contributed by atoms with Crippen LogP contribution in [0, 0.1) is 27.7 Å². The Bertz CT molecular complexity index is 869. The molecule has 3 rings (SSSR count). The summed E-state index contributed by atoms with van der Waals surface area (Å²) in [6.45, 7) is 11.8. The van der Waals surface area contributed by atoms with Crippen LogP contribution in [-0.4, -0.2) is 28.0 Å². The molecule has 0 atom stereocenters. The number of para-hydroxylation sites is 1. The number of halogens is 2. The molecule has 0 saturated carbocycles. The third-order valence-corrected chi connectivity index (χ3v) is 4.87. The Morgan fingerprint density at radius 1 is 0.710 bits per heavy atom. The standard InChI is InChI=1S/C24H30N4.2BrH.Rh/c1-18-8-5-9-19(2)24(18)25-14-15-28(16-22-12-6-10-20(3)26-22)17-23-13-7-11-21(4)27-23;;;/h5-13,25H,14-17H2,1-4H3;2*1H;/q;;;+2/p-2. The number of anilines is 1. The molecular weight excluding hydrogens is 607 g/mol. The minimum absolute atomic E-state index is 0. The van der Waals surface area contributed by atoms with Gasteiger partial charge in [0.25, 0.3) is 0 Å². The van der Waals surface area contributed by atoms with E-state index in [9.17, 15) is 0 Å². The first kappa shape index (κ1) is 29.9. The van der Waals surface area contributed by atoms with Crippen molar-refractivity contribution in [2.75, 3.05) is 18.4 Å². The number of rotatable bonds is 8. The molecule has 1 radical (unpaired) electrons. The molecule has 169 valence electrons. The van der Waals surface area contributed by atoms with Crippen LogP contribution in [0.1, 0.15) is 33.9 Å². The summed E-state index contributed by atoms with van der Waals surface area (Å²) < 4.78 is 0. The normalized spacial score (nSPS) is 9.97. The second-order valence-corrected chi connectivity index (χ2v) is 7.44. The summed E-state index contributed by atoms with van der Waals surface area (Å²) in [7, 11) is 0. The van der Waals surface area contributed by atoms with Crippen LogP contribution in [0.25, 0.3) is 0 Å². The SMILES string of the molecule is Cc1cccc(CN(CCNc2c(C)cccc2C)Cc2cccc(C)n2)n1.[Br-].[Br-].[Rh+2]. The monoisotopic (exact) mass is 635 g/mol. The molecule has 2 aromatic heterocycles. The van der Waals surface area contributed by atoms with Crippen LogP contribution in [0.15, 0.2) is 54.6 Å². The molecule has 7 heteroatoms. The van der Waals surface area contributed by atoms with Gasteiger partial charge in [0, 0.05) is 43.3 Å². The van der Waals surface area contributed by atoms with E-state index < -0.39 is 0 Å². The topological polar surface area (TPSA) is 41.0 Å². The van der Waals surface area contributed by atoms with E-state index in [1.54, 1.807) is 0 Å². The van der Waals surface area contributed by atoms with E-state index in [1.807, 2.05) is 26.0 Å². The van der Waals surface area contributed by atoms with Crippen molar-refractivity contribution in [1.82, 2.24) is 14.9 Å². The van der Waals surface area contributed by atoms with Gasteiger partial charge in [-0.15, -0.1) is 0 Å². The quantitative estimate of drug-likeness (QED) is 0.317. The van der Waals surface area contributed by atoms with Crippen LogP contribution >= 0.6 is 0 Å². The summed E-state index contributed by atoms with van der Waals surface area (Å²) in [5.41, 5.74) is 8.11. The Balaban J connectivity index is 0.00000300. The molecule has 0 amide bonds. The van der Waals surface area contributed by atoms with Gasteiger partial charge < -0.3 is 39.3 Å². The zero-order valence-electron chi connectivity index (χ0n) is 18.5. The molecule has 0 bridgehead atoms. The molecule has 3 aromatic rings. The largest absolute Gasteiger partial charge is 2.00 e. The molecule has 31 heavy (non-hydrogen) atoms. The van der Waals surface area contributed by atoms with Gasteiger partial charge in [0.1, 0.15) is 0 Å². The van der Waals surface area contributed by atoms with Gasteiger partial charge in [0.05, 0.1) is 11.4 Å². The van der Waals surface area contributed by atoms with E-state index in [4.69, 9.17) is 0 Å². The number of aryl methyl sites for hydroxylation is 4. The van der Waals surface area contributed by atoms with E-state index >= 15 is 0 Å². The number of hydrogen-bond acceptors (Lipinski definition) is 4. The van der Waals surface area contributed by atoms with Gasteiger partial charge in [-0.1, -0.05) is 30.3 Å². The molecule has 0 aliphatic carbocycles. The van der Waals surface area contributed by atoms with E-state index in [-0.39, 0.29) is 53.4 Å². The van der Waals surface area contributed by atoms with Crippen LogP contribution in [0.3, 0.4) is 0 Å². The van der Waals surface area contributed by atoms with Crippen molar-refractivity contribution in [2.45, 2.75) is 40.8 Å². The summed E-state index contributed by atoms with van der Waals surface area (Å²) in [6, 6.07) is 18.9. The van der Waals surface area contributed by atoms with Crippen molar-refractivity contribution < 1.29 is 53.4 Å². The van der Waals surface area contributed by atoms with Crippen LogP contribution in [0.4, 0.5) is 5.69 Å². The molecule has 0 aliphatic heterocycles. The summed E-state index contributed by atoms with van der Waals surface area (Å²) in [6.07, 6.45) is 0. The second-order valence-electron chi connectivity index (χ2n) is 7.44. The van der Waals surface area contributed by atoms with E-state index in [2.05, 4.69) is 76.5 Å². The number of pyridine rings is 2. The van der Waals surface area contributed by atoms with Crippen LogP contribution in [0.5, 0.6) is 0 Å². The maximum atomic E-state index is 4.68. The second kappa shape index (κ2) is 14.8. The molecule has 0 aliphatic rings. The predicted octanol–water partition coefficient (Wildman–Crippen LogP) is -1.17. The molecule has 2 heterocycles. The average Bonchev–Trinajstić information content (AvgIpc) is 2.64. The maximum absolute atomic E-state index is 4.68. The Morgan fingerprint density at radius 2 is 1.16 bits per heavy atom. The number of nitrogens with zero attached hydrogens (tertiary/aromatic N) is 3. The van der Waals surface area contributed by atoms with Crippen molar-refractivity contribution in [2.24, 2.45) is 0 Å². The van der Waals surface area contributed by atoms with Crippen molar-refractivity contribution in [1.29, 1.82) is 0 Å². The number of benzene rings is 1. The van der Waals surface area contributed by atoms with Crippen molar-refractivity contribution in [3.05, 3.63) is 88.5 Å². The van der Waals surface area contributed by atoms with Crippen molar-refractivity contribution in [3.63, 3.8) is 0 Å². The molecule has 1 N–H and O–H groups in total. The van der Waals surface area contributed by atoms with Crippen LogP contribution in [-0.2, 0) is 32.6 Å². The van der Waals surface area contributed by atoms with E-state index in [1.165, 1.54) is 16.8 Å². The van der Waals surface area contributed by atoms with Crippen molar-refractivity contribution >= 4 is 5.69 Å². The van der Waals surface area contributed by atoms with Crippen LogP contribution < -0.4 is 39.3 Å². The fourth-order valence-corrected chi connectivity index (χ4v) is 3.48. The fourth-order valence-electron chi connectivity index (χ4n) is 3.48. The minimum Gasteiger partial charge on any atom is -1.00 e. The van der Waals surface area contributed by atoms with Gasteiger partial charge in [-0.3, -0.25) is 14.9 Å². The van der Waals surface area contributed by atoms with Gasteiger partial charge in [-0.25, -0.2) is 0 Å². The molecular formula is C24H30Br2N4Rh. The summed E-state index contributed by atoms with van der Waals surface area (Å²) >= 11 is 0. The molecule has 4 nitrogen and oxygen atoms in total. The molecule has 0 saturated heterocycles. The fraction of sp³-hybridized carbons (Fsp3) is 0.333. The molecule has 0 fully saturated rings. The summed E-state index contributed by atoms with van der Waals surface area (Å²) in [4.78, 5) is 11.8. The maximum Gasteiger partial charge on any atom is 2.00 e. The summed E-state index contributed by atoms with van der Waals surface area (Å²) in [5, 5.41) is 3.62. The smallest absolute Gasteiger partial charge is 1.00 e. The molecule has 1 aromatic carbocycles. The van der Waals surface area contributed by atoms with E-state index in [0.29, 0.717) is 0 Å². The first-order chi connectivity index (χ1) is 13.5. The average molecular weight is 637 g/mol. The van der Waals surface area contributed by atoms with Gasteiger partial charge in [0.2, 0.25) is 0 Å². The van der Waals surface area contributed by atoms with Gasteiger partial charge >= 0.3 is 19.5 Å². The van der Waals surface area contributed by atoms with Gasteiger partial charge in [0.15, 0.2) is 0 Å². The third kappa shape index (κ3) is 9.48. The minimum atomic E-state index is 0. The predicted molar refractivity (Wildman–Crippen MR) is 116 cm³/mol. The Hall–Kier alpha value is -1.14. The van der Waals surface area contributed by atoms with Crippen LogP contribution in [0.2, 0.25) is 0 Å². The Kier molecular flexibility index (Phi) is 14.3. The van der Waals surface area contributed by atoms with Gasteiger partial charge in [-0.05, 0) is 63.1 Å². The first-order valence-corrected chi connectivity index (χ1v) is 9.89. The Morgan fingerprint density at radius 3 is 1.61 bits per heavy atom. The van der Waals surface area contributed by atoms with E-state index in [0.717, 1.165) is 49.0 Å². The molecule has 0 unspecified atom stereocenters. The number of aromatic nitrogens is 2. The zero-order chi connectivity index (χ0) is 19.9. The summed E-state index contributed by atoms with van der Waals surface area (Å²) in [5.74, 6) is 0. The number of hydrogen-bond donors (Lipinski definition) is 1. The first-order valence-electron chi connectivity index (χ1n) is 9.89. The third-order valence-electron chi connectivity index (χ3n) is 4.87. The Labute approximate surface area is 220 Å². The zero-order valence-corrected chi connectivity index (χ0v) is 23.3.